The van der Waals surface area contributed by atoms with Gasteiger partial charge in [-0.3, -0.25) is 0 Å². The van der Waals surface area contributed by atoms with E-state index in [9.17, 15) is 0 Å². The Hall–Kier alpha value is 0.210. The summed E-state index contributed by atoms with van der Waals surface area (Å²) in [6.07, 6.45) is 3.66. The van der Waals surface area contributed by atoms with Crippen LogP contribution < -0.4 is 5.32 Å². The zero-order valence-corrected chi connectivity index (χ0v) is 7.16. The highest BCUT2D eigenvalue weighted by atomic mass is 35.5. The Kier molecular flexibility index (Phi) is 5.04. The molecule has 0 spiro atoms. The first-order valence-corrected chi connectivity index (χ1v) is 3.70. The van der Waals surface area contributed by atoms with Gasteiger partial charge in [0, 0.05) is 12.1 Å². The van der Waals surface area contributed by atoms with Gasteiger partial charge in [0.1, 0.15) is 0 Å². The first kappa shape index (κ1) is 10.2. The zero-order valence-electron chi connectivity index (χ0n) is 6.34. The van der Waals surface area contributed by atoms with Crippen LogP contribution in [0, 0.1) is 0 Å². The molecule has 0 aromatic rings. The monoisotopic (exact) mass is 165 g/mol. The second kappa shape index (κ2) is 4.94. The highest BCUT2D eigenvalue weighted by molar-refractivity contribution is 5.85. The molecule has 10 heavy (non-hydrogen) atoms. The van der Waals surface area contributed by atoms with Gasteiger partial charge in [0.2, 0.25) is 0 Å². The van der Waals surface area contributed by atoms with Gasteiger partial charge in [-0.25, -0.2) is 0 Å². The smallest absolute Gasteiger partial charge is 0.0584 e. The maximum atomic E-state index is 8.75. The lowest BCUT2D eigenvalue weighted by atomic mass is 10.0. The average molecular weight is 166 g/mol. The second-order valence-corrected chi connectivity index (χ2v) is 2.88. The molecule has 1 aliphatic heterocycles. The van der Waals surface area contributed by atoms with Gasteiger partial charge in [0.05, 0.1) is 6.61 Å². The van der Waals surface area contributed by atoms with E-state index in [4.69, 9.17) is 5.11 Å². The summed E-state index contributed by atoms with van der Waals surface area (Å²) in [7, 11) is 0. The van der Waals surface area contributed by atoms with Crippen LogP contribution in [0.25, 0.3) is 0 Å². The van der Waals surface area contributed by atoms with Gasteiger partial charge in [-0.1, -0.05) is 6.42 Å². The summed E-state index contributed by atoms with van der Waals surface area (Å²) in [5, 5.41) is 12.1. The standard InChI is InChI=1S/C7H15NO.ClH/c1-6-3-2-4-7(5-9)8-6;/h6-9H,2-5H2,1H3;1H. The SMILES string of the molecule is CC1CCCC(CO)N1.Cl. The summed E-state index contributed by atoms with van der Waals surface area (Å²) in [5.41, 5.74) is 0. The molecule has 2 unspecified atom stereocenters. The van der Waals surface area contributed by atoms with Crippen molar-refractivity contribution >= 4 is 12.4 Å². The van der Waals surface area contributed by atoms with Gasteiger partial charge < -0.3 is 10.4 Å². The van der Waals surface area contributed by atoms with Crippen LogP contribution in [0.4, 0.5) is 0 Å². The van der Waals surface area contributed by atoms with Crippen LogP contribution in [-0.2, 0) is 0 Å². The van der Waals surface area contributed by atoms with Crippen LogP contribution in [0.5, 0.6) is 0 Å². The third kappa shape index (κ3) is 2.86. The number of halogens is 1. The van der Waals surface area contributed by atoms with Crippen LogP contribution in [0.15, 0.2) is 0 Å². The molecule has 2 N–H and O–H groups in total. The van der Waals surface area contributed by atoms with Gasteiger partial charge in [0.25, 0.3) is 0 Å². The van der Waals surface area contributed by atoms with E-state index in [1.807, 2.05) is 0 Å². The van der Waals surface area contributed by atoms with Crippen LogP contribution in [0.3, 0.4) is 0 Å². The Morgan fingerprint density at radius 3 is 2.60 bits per heavy atom. The average Bonchev–Trinajstić information content (AvgIpc) is 1.88. The maximum Gasteiger partial charge on any atom is 0.0584 e. The van der Waals surface area contributed by atoms with Gasteiger partial charge in [0.15, 0.2) is 0 Å². The van der Waals surface area contributed by atoms with Crippen LogP contribution in [0.2, 0.25) is 0 Å². The summed E-state index contributed by atoms with van der Waals surface area (Å²) in [4.78, 5) is 0. The second-order valence-electron chi connectivity index (χ2n) is 2.88. The van der Waals surface area contributed by atoms with Crippen molar-refractivity contribution in [3.8, 4) is 0 Å². The topological polar surface area (TPSA) is 32.3 Å². The molecular formula is C7H16ClNO. The Balaban J connectivity index is 0.000000810. The molecule has 0 aromatic carbocycles. The molecule has 1 saturated heterocycles. The number of aliphatic hydroxyl groups excluding tert-OH is 1. The Labute approximate surface area is 68.4 Å². The highest BCUT2D eigenvalue weighted by Gasteiger charge is 2.15. The van der Waals surface area contributed by atoms with E-state index in [2.05, 4.69) is 12.2 Å². The molecule has 2 nitrogen and oxygen atoms in total. The lowest BCUT2D eigenvalue weighted by Gasteiger charge is -2.26. The molecule has 0 saturated carbocycles. The number of hydrogen-bond donors (Lipinski definition) is 2. The van der Waals surface area contributed by atoms with Gasteiger partial charge in [-0.2, -0.15) is 0 Å². The molecule has 1 fully saturated rings. The molecule has 1 aliphatic rings. The minimum Gasteiger partial charge on any atom is -0.395 e. The highest BCUT2D eigenvalue weighted by Crippen LogP contribution is 2.10. The van der Waals surface area contributed by atoms with Crippen molar-refractivity contribution in [1.82, 2.24) is 5.32 Å². The third-order valence-corrected chi connectivity index (χ3v) is 1.93. The predicted octanol–water partition coefficient (Wildman–Crippen LogP) is 0.931. The van der Waals surface area contributed by atoms with Crippen LogP contribution in [0.1, 0.15) is 26.2 Å². The maximum absolute atomic E-state index is 8.75. The first-order chi connectivity index (χ1) is 4.33. The van der Waals surface area contributed by atoms with Crippen LogP contribution in [-0.4, -0.2) is 23.8 Å². The molecule has 0 radical (unpaired) electrons. The summed E-state index contributed by atoms with van der Waals surface area (Å²) < 4.78 is 0. The van der Waals surface area contributed by atoms with E-state index in [1.54, 1.807) is 0 Å². The number of hydrogen-bond acceptors (Lipinski definition) is 2. The number of piperidine rings is 1. The van der Waals surface area contributed by atoms with Crippen molar-refractivity contribution in [2.24, 2.45) is 0 Å². The largest absolute Gasteiger partial charge is 0.395 e. The summed E-state index contributed by atoms with van der Waals surface area (Å²) in [6, 6.07) is 0.977. The third-order valence-electron chi connectivity index (χ3n) is 1.93. The minimum atomic E-state index is 0. The summed E-state index contributed by atoms with van der Waals surface area (Å²) >= 11 is 0. The lowest BCUT2D eigenvalue weighted by Crippen LogP contribution is -2.42. The van der Waals surface area contributed by atoms with Crippen molar-refractivity contribution in [2.45, 2.75) is 38.3 Å². The lowest BCUT2D eigenvalue weighted by molar-refractivity contribution is 0.202. The fourth-order valence-corrected chi connectivity index (χ4v) is 1.38. The summed E-state index contributed by atoms with van der Waals surface area (Å²) in [6.45, 7) is 2.46. The van der Waals surface area contributed by atoms with Crippen molar-refractivity contribution in [3.63, 3.8) is 0 Å². The normalized spacial score (nSPS) is 33.0. The molecule has 3 heteroatoms. The van der Waals surface area contributed by atoms with Gasteiger partial charge >= 0.3 is 0 Å². The minimum absolute atomic E-state index is 0. The Morgan fingerprint density at radius 2 is 2.20 bits per heavy atom. The molecule has 0 aromatic heterocycles. The number of rotatable bonds is 1. The van der Waals surface area contributed by atoms with Gasteiger partial charge in [-0.15, -0.1) is 12.4 Å². The van der Waals surface area contributed by atoms with E-state index in [-0.39, 0.29) is 12.4 Å². The molecular weight excluding hydrogens is 150 g/mol. The van der Waals surface area contributed by atoms with Crippen molar-refractivity contribution in [3.05, 3.63) is 0 Å². The van der Waals surface area contributed by atoms with E-state index in [0.717, 1.165) is 6.42 Å². The Bertz CT molecular complexity index is 89.7. The fourth-order valence-electron chi connectivity index (χ4n) is 1.38. The molecule has 0 amide bonds. The molecule has 62 valence electrons. The quantitative estimate of drug-likeness (QED) is 0.606. The van der Waals surface area contributed by atoms with Crippen molar-refractivity contribution in [2.75, 3.05) is 6.61 Å². The Morgan fingerprint density at radius 1 is 1.50 bits per heavy atom. The molecule has 1 heterocycles. The van der Waals surface area contributed by atoms with E-state index in [1.165, 1.54) is 12.8 Å². The van der Waals surface area contributed by atoms with E-state index < -0.39 is 0 Å². The first-order valence-electron chi connectivity index (χ1n) is 3.70. The molecule has 0 bridgehead atoms. The predicted molar refractivity (Wildman–Crippen MR) is 44.6 cm³/mol. The number of nitrogens with one attached hydrogen (secondary N) is 1. The van der Waals surface area contributed by atoms with E-state index >= 15 is 0 Å². The van der Waals surface area contributed by atoms with Gasteiger partial charge in [-0.05, 0) is 19.8 Å². The number of aliphatic hydroxyl groups is 1. The fraction of sp³-hybridized carbons (Fsp3) is 1.00. The summed E-state index contributed by atoms with van der Waals surface area (Å²) in [5.74, 6) is 0. The zero-order chi connectivity index (χ0) is 6.69. The van der Waals surface area contributed by atoms with E-state index in [0.29, 0.717) is 18.7 Å². The van der Waals surface area contributed by atoms with Crippen LogP contribution >= 0.6 is 12.4 Å². The van der Waals surface area contributed by atoms with Crippen molar-refractivity contribution < 1.29 is 5.11 Å². The van der Waals surface area contributed by atoms with Crippen molar-refractivity contribution in [1.29, 1.82) is 0 Å². The molecule has 2 atom stereocenters. The molecule has 1 rings (SSSR count). The molecule has 0 aliphatic carbocycles.